The Bertz CT molecular complexity index is 592. The van der Waals surface area contributed by atoms with Gasteiger partial charge in [-0.3, -0.25) is 9.48 Å². The van der Waals surface area contributed by atoms with Crippen LogP contribution >= 0.6 is 0 Å². The van der Waals surface area contributed by atoms with Gasteiger partial charge in [0, 0.05) is 50.8 Å². The minimum absolute atomic E-state index is 0.109. The van der Waals surface area contributed by atoms with Gasteiger partial charge in [0.2, 0.25) is 5.95 Å². The van der Waals surface area contributed by atoms with Crippen LogP contribution in [0, 0.1) is 0 Å². The van der Waals surface area contributed by atoms with E-state index in [4.69, 9.17) is 0 Å². The van der Waals surface area contributed by atoms with Gasteiger partial charge in [-0.1, -0.05) is 0 Å². The van der Waals surface area contributed by atoms with Crippen LogP contribution in [-0.4, -0.2) is 44.1 Å². The number of nitrogens with zero attached hydrogens (tertiary/aromatic N) is 5. The maximum atomic E-state index is 12.3. The van der Waals surface area contributed by atoms with Gasteiger partial charge in [-0.05, 0) is 13.8 Å². The predicted molar refractivity (Wildman–Crippen MR) is 79.9 cm³/mol. The van der Waals surface area contributed by atoms with Crippen LogP contribution in [0.2, 0.25) is 0 Å². The van der Waals surface area contributed by atoms with Crippen molar-refractivity contribution in [3.05, 3.63) is 35.9 Å². The van der Waals surface area contributed by atoms with Crippen molar-refractivity contribution in [2.75, 3.05) is 18.9 Å². The van der Waals surface area contributed by atoms with E-state index >= 15 is 0 Å². The molecule has 0 saturated carbocycles. The Morgan fingerprint density at radius 3 is 2.57 bits per heavy atom. The summed E-state index contributed by atoms with van der Waals surface area (Å²) in [5.41, 5.74) is 1.47. The molecule has 0 fully saturated rings. The lowest BCUT2D eigenvalue weighted by Crippen LogP contribution is -2.26. The minimum Gasteiger partial charge on any atom is -0.355 e. The van der Waals surface area contributed by atoms with Crippen molar-refractivity contribution in [3.8, 4) is 0 Å². The van der Waals surface area contributed by atoms with Crippen LogP contribution in [-0.2, 0) is 13.1 Å². The van der Waals surface area contributed by atoms with Crippen LogP contribution in [0.5, 0.6) is 0 Å². The molecule has 21 heavy (non-hydrogen) atoms. The Morgan fingerprint density at radius 2 is 2.00 bits per heavy atom. The third kappa shape index (κ3) is 3.77. The highest BCUT2D eigenvalue weighted by Gasteiger charge is 2.13. The topological polar surface area (TPSA) is 75.9 Å². The van der Waals surface area contributed by atoms with Gasteiger partial charge in [-0.25, -0.2) is 9.97 Å². The van der Waals surface area contributed by atoms with Crippen molar-refractivity contribution in [1.82, 2.24) is 24.6 Å². The molecule has 112 valence electrons. The van der Waals surface area contributed by atoms with Crippen LogP contribution in [0.25, 0.3) is 0 Å². The Labute approximate surface area is 124 Å². The molecule has 1 N–H and O–H groups in total. The third-order valence-electron chi connectivity index (χ3n) is 3.01. The highest BCUT2D eigenvalue weighted by atomic mass is 16.2. The first-order chi connectivity index (χ1) is 10.1. The van der Waals surface area contributed by atoms with E-state index in [1.54, 1.807) is 30.5 Å². The molecule has 7 nitrogen and oxygen atoms in total. The average Bonchev–Trinajstić information content (AvgIpc) is 2.95. The lowest BCUT2D eigenvalue weighted by atomic mass is 10.2. The van der Waals surface area contributed by atoms with E-state index in [2.05, 4.69) is 20.4 Å². The van der Waals surface area contributed by atoms with Crippen LogP contribution in [0.3, 0.4) is 0 Å². The first-order valence-corrected chi connectivity index (χ1v) is 6.96. The zero-order valence-electron chi connectivity index (χ0n) is 12.6. The summed E-state index contributed by atoms with van der Waals surface area (Å²) in [6.07, 6.45) is 6.80. The van der Waals surface area contributed by atoms with Crippen LogP contribution in [0.1, 0.15) is 29.8 Å². The molecule has 2 aromatic heterocycles. The van der Waals surface area contributed by atoms with E-state index < -0.39 is 0 Å². The highest BCUT2D eigenvalue weighted by Crippen LogP contribution is 2.08. The molecule has 1 amide bonds. The monoisotopic (exact) mass is 288 g/mol. The molecule has 0 radical (unpaired) electrons. The quantitative estimate of drug-likeness (QED) is 0.869. The normalized spacial score (nSPS) is 10.4. The average molecular weight is 288 g/mol. The number of rotatable bonds is 6. The standard InChI is InChI=1S/C14H20N6O/c1-4-15-14-16-7-12(8-17-14)13(21)19(3)9-11-6-18-20(5-2)10-11/h6-8,10H,4-5,9H2,1-3H3,(H,15,16,17). The Morgan fingerprint density at radius 1 is 1.29 bits per heavy atom. The van der Waals surface area contributed by atoms with Gasteiger partial charge >= 0.3 is 0 Å². The van der Waals surface area contributed by atoms with E-state index in [-0.39, 0.29) is 5.91 Å². The van der Waals surface area contributed by atoms with Crippen molar-refractivity contribution in [2.24, 2.45) is 0 Å². The summed E-state index contributed by atoms with van der Waals surface area (Å²) in [5.74, 6) is 0.420. The van der Waals surface area contributed by atoms with E-state index in [9.17, 15) is 4.79 Å². The fourth-order valence-electron chi connectivity index (χ4n) is 1.91. The first kappa shape index (κ1) is 15.0. The van der Waals surface area contributed by atoms with E-state index in [1.807, 2.05) is 24.7 Å². The molecule has 0 aliphatic heterocycles. The molecular formula is C14H20N6O. The molecule has 0 unspecified atom stereocenters. The number of hydrogen-bond donors (Lipinski definition) is 1. The van der Waals surface area contributed by atoms with Crippen molar-refractivity contribution in [3.63, 3.8) is 0 Å². The number of nitrogens with one attached hydrogen (secondary N) is 1. The number of carbonyl (C=O) groups excluding carboxylic acids is 1. The fraction of sp³-hybridized carbons (Fsp3) is 0.429. The van der Waals surface area contributed by atoms with Crippen molar-refractivity contribution >= 4 is 11.9 Å². The second kappa shape index (κ2) is 6.83. The summed E-state index contributed by atoms with van der Waals surface area (Å²) in [6.45, 7) is 6.06. The molecule has 0 spiro atoms. The van der Waals surface area contributed by atoms with E-state index in [0.29, 0.717) is 18.1 Å². The molecule has 2 heterocycles. The van der Waals surface area contributed by atoms with Crippen LogP contribution < -0.4 is 5.32 Å². The SMILES string of the molecule is CCNc1ncc(C(=O)N(C)Cc2cnn(CC)c2)cn1. The largest absolute Gasteiger partial charge is 0.355 e. The first-order valence-electron chi connectivity index (χ1n) is 6.96. The van der Waals surface area contributed by atoms with Gasteiger partial charge in [0.05, 0.1) is 11.8 Å². The van der Waals surface area contributed by atoms with Gasteiger partial charge in [-0.15, -0.1) is 0 Å². The molecule has 0 bridgehead atoms. The Balaban J connectivity index is 2.01. The van der Waals surface area contributed by atoms with Crippen molar-refractivity contribution < 1.29 is 4.79 Å². The van der Waals surface area contributed by atoms with Crippen LogP contribution in [0.4, 0.5) is 5.95 Å². The number of aromatic nitrogens is 4. The summed E-state index contributed by atoms with van der Waals surface area (Å²) < 4.78 is 1.84. The van der Waals surface area contributed by atoms with Crippen LogP contribution in [0.15, 0.2) is 24.8 Å². The Hall–Kier alpha value is -2.44. The predicted octanol–water partition coefficient (Wildman–Crippen LogP) is 1.40. The highest BCUT2D eigenvalue weighted by molar-refractivity contribution is 5.93. The van der Waals surface area contributed by atoms with Crippen molar-refractivity contribution in [1.29, 1.82) is 0 Å². The lowest BCUT2D eigenvalue weighted by molar-refractivity contribution is 0.0784. The number of aryl methyl sites for hydroxylation is 1. The zero-order valence-corrected chi connectivity index (χ0v) is 12.6. The summed E-state index contributed by atoms with van der Waals surface area (Å²) in [4.78, 5) is 22.1. The molecule has 0 saturated heterocycles. The summed E-state index contributed by atoms with van der Waals surface area (Å²) in [7, 11) is 1.75. The van der Waals surface area contributed by atoms with Gasteiger partial charge in [0.1, 0.15) is 0 Å². The molecule has 7 heteroatoms. The lowest BCUT2D eigenvalue weighted by Gasteiger charge is -2.15. The Kier molecular flexibility index (Phi) is 4.86. The molecule has 0 aromatic carbocycles. The second-order valence-corrected chi connectivity index (χ2v) is 4.69. The smallest absolute Gasteiger partial charge is 0.257 e. The summed E-state index contributed by atoms with van der Waals surface area (Å²) in [5, 5.41) is 7.19. The molecular weight excluding hydrogens is 268 g/mol. The van der Waals surface area contributed by atoms with E-state index in [1.165, 1.54) is 0 Å². The molecule has 0 atom stereocenters. The van der Waals surface area contributed by atoms with Crippen molar-refractivity contribution in [2.45, 2.75) is 26.9 Å². The molecule has 0 aliphatic rings. The summed E-state index contributed by atoms with van der Waals surface area (Å²) >= 11 is 0. The number of anilines is 1. The number of carbonyl (C=O) groups is 1. The maximum Gasteiger partial charge on any atom is 0.257 e. The molecule has 2 rings (SSSR count). The fourth-order valence-corrected chi connectivity index (χ4v) is 1.91. The van der Waals surface area contributed by atoms with Gasteiger partial charge < -0.3 is 10.2 Å². The maximum absolute atomic E-state index is 12.3. The molecule has 0 aliphatic carbocycles. The van der Waals surface area contributed by atoms with E-state index in [0.717, 1.165) is 18.7 Å². The zero-order chi connectivity index (χ0) is 15.2. The van der Waals surface area contributed by atoms with Gasteiger partial charge in [0.15, 0.2) is 0 Å². The number of hydrogen-bond acceptors (Lipinski definition) is 5. The minimum atomic E-state index is -0.109. The summed E-state index contributed by atoms with van der Waals surface area (Å²) in [6, 6.07) is 0. The van der Waals surface area contributed by atoms with Gasteiger partial charge in [0.25, 0.3) is 5.91 Å². The molecule has 2 aromatic rings. The number of amides is 1. The second-order valence-electron chi connectivity index (χ2n) is 4.69. The third-order valence-corrected chi connectivity index (χ3v) is 3.01. The van der Waals surface area contributed by atoms with Gasteiger partial charge in [-0.2, -0.15) is 5.10 Å².